The van der Waals surface area contributed by atoms with E-state index in [-0.39, 0.29) is 5.41 Å². The number of aryl methyl sites for hydroxylation is 2. The molecule has 0 saturated carbocycles. The van der Waals surface area contributed by atoms with Crippen LogP contribution in [-0.4, -0.2) is 19.3 Å². The van der Waals surface area contributed by atoms with Gasteiger partial charge >= 0.3 is 0 Å². The lowest BCUT2D eigenvalue weighted by molar-refractivity contribution is 0.482. The van der Waals surface area contributed by atoms with Crippen molar-refractivity contribution in [3.8, 4) is 23.0 Å². The molecular formula is C32H29ClN4O. The van der Waals surface area contributed by atoms with Crippen LogP contribution in [-0.2, 0) is 5.41 Å². The van der Waals surface area contributed by atoms with Crippen LogP contribution in [0.1, 0.15) is 37.7 Å². The van der Waals surface area contributed by atoms with Gasteiger partial charge in [0.15, 0.2) is 0 Å². The second-order valence-electron chi connectivity index (χ2n) is 10.8. The Balaban J connectivity index is 1.48. The molecule has 0 aliphatic rings. The van der Waals surface area contributed by atoms with Crippen LogP contribution in [0.2, 0.25) is 5.02 Å². The molecule has 38 heavy (non-hydrogen) atoms. The molecule has 0 saturated heterocycles. The van der Waals surface area contributed by atoms with Crippen molar-refractivity contribution in [1.82, 2.24) is 19.3 Å². The van der Waals surface area contributed by atoms with Gasteiger partial charge in [-0.25, -0.2) is 9.67 Å². The first-order valence-corrected chi connectivity index (χ1v) is 13.1. The minimum absolute atomic E-state index is 0.00448. The molecule has 6 rings (SSSR count). The highest BCUT2D eigenvalue weighted by Gasteiger charge is 2.18. The maximum absolute atomic E-state index is 6.42. The standard InChI is InChI=1S/C32H29ClN4O/c1-20-15-21(2)37(35-20)24-7-6-8-25(18-24)38-26-10-11-27-28-17-23(33)9-12-29(28)36(30(27)19-26)31-16-22(13-14-34-31)32(3,4)5/h6-19H,1-5H3. The smallest absolute Gasteiger partial charge is 0.137 e. The molecule has 6 heteroatoms. The molecule has 0 bridgehead atoms. The fourth-order valence-electron chi connectivity index (χ4n) is 5.00. The van der Waals surface area contributed by atoms with E-state index in [0.29, 0.717) is 5.02 Å². The molecule has 6 aromatic rings. The molecule has 0 spiro atoms. The molecule has 0 atom stereocenters. The van der Waals surface area contributed by atoms with Gasteiger partial charge in [-0.2, -0.15) is 5.10 Å². The Morgan fingerprint density at radius 3 is 2.37 bits per heavy atom. The van der Waals surface area contributed by atoms with Crippen molar-refractivity contribution in [2.24, 2.45) is 0 Å². The van der Waals surface area contributed by atoms with Gasteiger partial charge in [-0.15, -0.1) is 0 Å². The summed E-state index contributed by atoms with van der Waals surface area (Å²) in [6.07, 6.45) is 1.88. The Hall–Kier alpha value is -4.09. The first kappa shape index (κ1) is 24.3. The van der Waals surface area contributed by atoms with Crippen molar-refractivity contribution < 1.29 is 4.74 Å². The third kappa shape index (κ3) is 4.33. The Morgan fingerprint density at radius 1 is 0.789 bits per heavy atom. The van der Waals surface area contributed by atoms with E-state index in [2.05, 4.69) is 73.8 Å². The number of fused-ring (bicyclic) bond motifs is 3. The highest BCUT2D eigenvalue weighted by Crippen LogP contribution is 2.37. The lowest BCUT2D eigenvalue weighted by atomic mass is 9.88. The van der Waals surface area contributed by atoms with Crippen LogP contribution in [0, 0.1) is 13.8 Å². The zero-order valence-electron chi connectivity index (χ0n) is 22.2. The van der Waals surface area contributed by atoms with Gasteiger partial charge in [0, 0.05) is 39.8 Å². The van der Waals surface area contributed by atoms with E-state index in [1.165, 1.54) is 5.56 Å². The van der Waals surface area contributed by atoms with Crippen molar-refractivity contribution in [1.29, 1.82) is 0 Å². The molecule has 0 aliphatic carbocycles. The highest BCUT2D eigenvalue weighted by molar-refractivity contribution is 6.32. The van der Waals surface area contributed by atoms with E-state index in [4.69, 9.17) is 21.3 Å². The van der Waals surface area contributed by atoms with Crippen molar-refractivity contribution in [3.63, 3.8) is 0 Å². The Bertz CT molecular complexity index is 1820. The summed E-state index contributed by atoms with van der Waals surface area (Å²) in [5, 5.41) is 7.48. The Labute approximate surface area is 227 Å². The number of rotatable bonds is 4. The molecular weight excluding hydrogens is 492 g/mol. The average Bonchev–Trinajstić information content (AvgIpc) is 3.39. The van der Waals surface area contributed by atoms with Crippen molar-refractivity contribution >= 4 is 33.4 Å². The summed E-state index contributed by atoms with van der Waals surface area (Å²) >= 11 is 6.42. The summed E-state index contributed by atoms with van der Waals surface area (Å²) in [4.78, 5) is 4.77. The van der Waals surface area contributed by atoms with E-state index in [0.717, 1.165) is 56.2 Å². The number of hydrogen-bond acceptors (Lipinski definition) is 3. The lowest BCUT2D eigenvalue weighted by Gasteiger charge is -2.20. The van der Waals surface area contributed by atoms with Gasteiger partial charge in [-0.3, -0.25) is 4.57 Å². The number of ether oxygens (including phenoxy) is 1. The fourth-order valence-corrected chi connectivity index (χ4v) is 5.17. The molecule has 5 nitrogen and oxygen atoms in total. The number of aromatic nitrogens is 4. The number of halogens is 1. The van der Waals surface area contributed by atoms with Gasteiger partial charge in [0.2, 0.25) is 0 Å². The van der Waals surface area contributed by atoms with Gasteiger partial charge in [0.05, 0.1) is 22.4 Å². The summed E-state index contributed by atoms with van der Waals surface area (Å²) in [5.41, 5.74) is 6.30. The molecule has 0 radical (unpaired) electrons. The highest BCUT2D eigenvalue weighted by atomic mass is 35.5. The largest absolute Gasteiger partial charge is 0.457 e. The Kier molecular flexibility index (Phi) is 5.77. The quantitative estimate of drug-likeness (QED) is 0.233. The van der Waals surface area contributed by atoms with E-state index in [9.17, 15) is 0 Å². The SMILES string of the molecule is Cc1cc(C)n(-c2cccc(Oc3ccc4c5cc(Cl)ccc5n(-c5cc(C(C)(C)C)ccn5)c4c3)c2)n1. The van der Waals surface area contributed by atoms with Gasteiger partial charge in [0.1, 0.15) is 17.3 Å². The van der Waals surface area contributed by atoms with Gasteiger partial charge in [0.25, 0.3) is 0 Å². The summed E-state index contributed by atoms with van der Waals surface area (Å²) in [5.74, 6) is 2.35. The van der Waals surface area contributed by atoms with Crippen molar-refractivity contribution in [3.05, 3.63) is 107 Å². The Morgan fingerprint density at radius 2 is 1.61 bits per heavy atom. The molecule has 0 amide bonds. The second kappa shape index (κ2) is 9.03. The topological polar surface area (TPSA) is 44.9 Å². The molecule has 3 aromatic heterocycles. The second-order valence-corrected chi connectivity index (χ2v) is 11.2. The van der Waals surface area contributed by atoms with E-state index in [1.807, 2.05) is 60.3 Å². The number of hydrogen-bond donors (Lipinski definition) is 0. The molecule has 0 fully saturated rings. The zero-order valence-corrected chi connectivity index (χ0v) is 22.9. The van der Waals surface area contributed by atoms with Crippen LogP contribution in [0.3, 0.4) is 0 Å². The van der Waals surface area contributed by atoms with E-state index in [1.54, 1.807) is 0 Å². The minimum Gasteiger partial charge on any atom is -0.457 e. The maximum Gasteiger partial charge on any atom is 0.137 e. The summed E-state index contributed by atoms with van der Waals surface area (Å²) in [7, 11) is 0. The molecule has 3 heterocycles. The fraction of sp³-hybridized carbons (Fsp3) is 0.188. The summed E-state index contributed by atoms with van der Waals surface area (Å²) in [6.45, 7) is 10.7. The normalized spacial score (nSPS) is 11.9. The van der Waals surface area contributed by atoms with Gasteiger partial charge in [-0.05, 0) is 85.5 Å². The molecule has 0 aliphatic heterocycles. The predicted octanol–water partition coefficient (Wildman–Crippen LogP) is 8.72. The predicted molar refractivity (Wildman–Crippen MR) is 155 cm³/mol. The average molecular weight is 521 g/mol. The zero-order chi connectivity index (χ0) is 26.6. The molecule has 190 valence electrons. The first-order chi connectivity index (χ1) is 18.2. The third-order valence-corrected chi connectivity index (χ3v) is 7.08. The van der Waals surface area contributed by atoms with E-state index >= 15 is 0 Å². The van der Waals surface area contributed by atoms with Crippen LogP contribution in [0.15, 0.2) is 85.1 Å². The monoisotopic (exact) mass is 520 g/mol. The van der Waals surface area contributed by atoms with Crippen LogP contribution >= 0.6 is 11.6 Å². The number of pyridine rings is 1. The molecule has 3 aromatic carbocycles. The first-order valence-electron chi connectivity index (χ1n) is 12.7. The molecule has 0 N–H and O–H groups in total. The van der Waals surface area contributed by atoms with Crippen LogP contribution in [0.4, 0.5) is 0 Å². The number of nitrogens with zero attached hydrogens (tertiary/aromatic N) is 4. The van der Waals surface area contributed by atoms with Crippen LogP contribution < -0.4 is 4.74 Å². The van der Waals surface area contributed by atoms with Crippen molar-refractivity contribution in [2.45, 2.75) is 40.0 Å². The van der Waals surface area contributed by atoms with Crippen LogP contribution in [0.25, 0.3) is 33.3 Å². The van der Waals surface area contributed by atoms with E-state index < -0.39 is 0 Å². The number of benzene rings is 3. The molecule has 0 unspecified atom stereocenters. The summed E-state index contributed by atoms with van der Waals surface area (Å²) < 4.78 is 10.5. The summed E-state index contributed by atoms with van der Waals surface area (Å²) in [6, 6.07) is 26.5. The minimum atomic E-state index is 0.00448. The van der Waals surface area contributed by atoms with Gasteiger partial charge < -0.3 is 4.74 Å². The van der Waals surface area contributed by atoms with Gasteiger partial charge in [-0.1, -0.05) is 38.4 Å². The third-order valence-electron chi connectivity index (χ3n) is 6.85. The van der Waals surface area contributed by atoms with Crippen LogP contribution in [0.5, 0.6) is 11.5 Å². The van der Waals surface area contributed by atoms with Crippen molar-refractivity contribution in [2.75, 3.05) is 0 Å². The lowest BCUT2D eigenvalue weighted by Crippen LogP contribution is -2.12. The maximum atomic E-state index is 6.42.